The fourth-order valence-electron chi connectivity index (χ4n) is 8.50. The predicted octanol–water partition coefficient (Wildman–Crippen LogP) is 16.3. The summed E-state index contributed by atoms with van der Waals surface area (Å²) in [6.07, 6.45) is 1.59. The number of hydrogen-bond acceptors (Lipinski definition) is 3. The average molecular weight is 868 g/mol. The number of benzene rings is 7. The van der Waals surface area contributed by atoms with Gasteiger partial charge in [-0.15, -0.1) is 0 Å². The van der Waals surface area contributed by atoms with Crippen molar-refractivity contribution in [1.29, 1.82) is 0 Å². The first-order valence-corrected chi connectivity index (χ1v) is 21.3. The standard InChI is InChI=1S/C61H59N3O/c1-39-32-51(57(65)52(33-39)61(8,9)10)58-63-56-49(22-17-23-55(56)64(58)54-29-28-48(60(5,6)7)38-50(54)42-20-15-12-16-21-42)45-34-44(40-18-13-11-14-19-40)35-46(36-45)53-37-43(30-31-62-53)41-24-26-47(27-25-41)59(2,3)4/h11-38,65H,1-10H3/i2D3,3D3,4D3,5D3,6D3,7D3. The Balaban J connectivity index is 1.31. The highest BCUT2D eigenvalue weighted by atomic mass is 16.3. The van der Waals surface area contributed by atoms with Crippen molar-refractivity contribution in [3.05, 3.63) is 192 Å². The number of aromatic hydroxyl groups is 1. The van der Waals surface area contributed by atoms with Crippen molar-refractivity contribution in [1.82, 2.24) is 14.5 Å². The fraction of sp³-hybridized carbons (Fsp3) is 0.213. The van der Waals surface area contributed by atoms with Gasteiger partial charge in [-0.05, 0) is 128 Å². The Kier molecular flexibility index (Phi) is 6.77. The Morgan fingerprint density at radius 3 is 1.82 bits per heavy atom. The van der Waals surface area contributed by atoms with Gasteiger partial charge in [0.15, 0.2) is 0 Å². The molecule has 0 fully saturated rings. The molecule has 324 valence electrons. The molecule has 0 radical (unpaired) electrons. The van der Waals surface area contributed by atoms with Crippen molar-refractivity contribution in [2.75, 3.05) is 0 Å². The highest BCUT2D eigenvalue weighted by Gasteiger charge is 2.28. The van der Waals surface area contributed by atoms with Crippen LogP contribution in [0.2, 0.25) is 0 Å². The lowest BCUT2D eigenvalue weighted by molar-refractivity contribution is 0.448. The van der Waals surface area contributed by atoms with E-state index in [1.165, 1.54) is 42.5 Å². The lowest BCUT2D eigenvalue weighted by atomic mass is 9.84. The summed E-state index contributed by atoms with van der Waals surface area (Å²) in [6, 6.07) is 46.7. The minimum atomic E-state index is -3.55. The first-order valence-electron chi connectivity index (χ1n) is 30.3. The maximum absolute atomic E-state index is 12.5. The van der Waals surface area contributed by atoms with Crippen LogP contribution in [0.3, 0.4) is 0 Å². The quantitative estimate of drug-likeness (QED) is 0.174. The van der Waals surface area contributed by atoms with Gasteiger partial charge in [-0.2, -0.15) is 0 Å². The summed E-state index contributed by atoms with van der Waals surface area (Å²) >= 11 is 0. The Labute approximate surface area is 410 Å². The molecule has 7 aromatic carbocycles. The van der Waals surface area contributed by atoms with Crippen LogP contribution < -0.4 is 0 Å². The fourth-order valence-corrected chi connectivity index (χ4v) is 8.50. The Morgan fingerprint density at radius 1 is 0.492 bits per heavy atom. The second-order valence-electron chi connectivity index (χ2n) is 17.7. The van der Waals surface area contributed by atoms with Gasteiger partial charge in [0, 0.05) is 53.1 Å². The van der Waals surface area contributed by atoms with Crippen LogP contribution >= 0.6 is 0 Å². The molecule has 9 rings (SSSR count). The summed E-state index contributed by atoms with van der Waals surface area (Å²) in [7, 11) is 0. The minimum absolute atomic E-state index is 0.0505. The molecule has 9 aromatic rings. The van der Waals surface area contributed by atoms with Crippen molar-refractivity contribution in [3.8, 4) is 78.6 Å². The van der Waals surface area contributed by atoms with Crippen LogP contribution in [0.25, 0.3) is 83.9 Å². The monoisotopic (exact) mass is 868 g/mol. The van der Waals surface area contributed by atoms with E-state index in [2.05, 4.69) is 0 Å². The summed E-state index contributed by atoms with van der Waals surface area (Å²) in [4.78, 5) is 10.2. The highest BCUT2D eigenvalue weighted by Crippen LogP contribution is 2.45. The second-order valence-corrected chi connectivity index (χ2v) is 17.7. The first kappa shape index (κ1) is 26.7. The lowest BCUT2D eigenvalue weighted by Gasteiger charge is -2.24. The number of rotatable bonds is 7. The van der Waals surface area contributed by atoms with E-state index in [4.69, 9.17) is 34.6 Å². The molecule has 2 heterocycles. The number of nitrogens with zero attached hydrogens (tertiary/aromatic N) is 3. The molecule has 0 amide bonds. The Hall–Kier alpha value is -7.04. The van der Waals surface area contributed by atoms with Crippen molar-refractivity contribution in [2.24, 2.45) is 0 Å². The van der Waals surface area contributed by atoms with Gasteiger partial charge in [-0.25, -0.2) is 4.98 Å². The molecule has 0 aliphatic carbocycles. The van der Waals surface area contributed by atoms with Crippen LogP contribution in [0.1, 0.15) is 109 Å². The normalized spacial score (nSPS) is 17.5. The van der Waals surface area contributed by atoms with Crippen LogP contribution in [-0.2, 0) is 16.2 Å². The van der Waals surface area contributed by atoms with Gasteiger partial charge < -0.3 is 5.11 Å². The molecular formula is C61H59N3O. The number of aryl methyl sites for hydroxylation is 1. The molecule has 1 N–H and O–H groups in total. The number of para-hydroxylation sites is 1. The molecule has 2 aromatic heterocycles. The van der Waals surface area contributed by atoms with Gasteiger partial charge in [0.2, 0.25) is 0 Å². The van der Waals surface area contributed by atoms with Crippen LogP contribution in [0.15, 0.2) is 170 Å². The zero-order chi connectivity index (χ0) is 60.8. The molecule has 0 spiro atoms. The number of phenols is 1. The SMILES string of the molecule is [2H]C([2H])([2H])C(c1ccc(-c2ccnc(-c3cc(-c4ccccc4)cc(-c4cccc5c4nc(-c4cc(C)cc(C(C)(C)C)c4O)n5-c4ccc(C(C([2H])([2H])[2H])(C([2H])([2H])[2H])C([2H])([2H])[2H])cc4-c4ccccc4)c3)c2)cc1)(C([2H])([2H])[2H])C([2H])([2H])[2H]. The minimum Gasteiger partial charge on any atom is -0.507 e. The third kappa shape index (κ3) is 8.54. The summed E-state index contributed by atoms with van der Waals surface area (Å²) in [5, 5.41) is 12.5. The topological polar surface area (TPSA) is 50.9 Å². The number of hydrogen-bond donors (Lipinski definition) is 1. The van der Waals surface area contributed by atoms with E-state index in [0.29, 0.717) is 66.9 Å². The molecule has 0 aliphatic heterocycles. The highest BCUT2D eigenvalue weighted by molar-refractivity contribution is 5.98. The largest absolute Gasteiger partial charge is 0.507 e. The van der Waals surface area contributed by atoms with E-state index in [-0.39, 0.29) is 22.7 Å². The zero-order valence-electron chi connectivity index (χ0n) is 54.5. The van der Waals surface area contributed by atoms with Crippen LogP contribution in [-0.4, -0.2) is 19.6 Å². The molecule has 0 atom stereocenters. The summed E-state index contributed by atoms with van der Waals surface area (Å²) in [5.41, 5.74) is 1.20. The number of fused-ring (bicyclic) bond motifs is 1. The third-order valence-electron chi connectivity index (χ3n) is 11.8. The molecule has 4 nitrogen and oxygen atoms in total. The third-order valence-corrected chi connectivity index (χ3v) is 11.8. The Morgan fingerprint density at radius 2 is 1.12 bits per heavy atom. The van der Waals surface area contributed by atoms with E-state index in [1.54, 1.807) is 42.6 Å². The second kappa shape index (κ2) is 16.5. The van der Waals surface area contributed by atoms with Gasteiger partial charge in [0.1, 0.15) is 11.6 Å². The van der Waals surface area contributed by atoms with Gasteiger partial charge in [-0.1, -0.05) is 171 Å². The van der Waals surface area contributed by atoms with Crippen LogP contribution in [0.5, 0.6) is 5.75 Å². The number of aromatic nitrogens is 3. The van der Waals surface area contributed by atoms with Crippen molar-refractivity contribution in [3.63, 3.8) is 0 Å². The van der Waals surface area contributed by atoms with Gasteiger partial charge in [-0.3, -0.25) is 9.55 Å². The molecule has 0 bridgehead atoms. The van der Waals surface area contributed by atoms with Gasteiger partial charge in [0.05, 0.1) is 28.0 Å². The van der Waals surface area contributed by atoms with Crippen LogP contribution in [0.4, 0.5) is 0 Å². The maximum Gasteiger partial charge on any atom is 0.149 e. The smallest absolute Gasteiger partial charge is 0.149 e. The van der Waals surface area contributed by atoms with E-state index in [0.717, 1.165) is 16.7 Å². The summed E-state index contributed by atoms with van der Waals surface area (Å²) in [6.45, 7) is -13.1. The van der Waals surface area contributed by atoms with E-state index >= 15 is 0 Å². The van der Waals surface area contributed by atoms with E-state index < -0.39 is 62.9 Å². The number of imidazole rings is 1. The molecule has 0 aliphatic rings. The van der Waals surface area contributed by atoms with E-state index in [9.17, 15) is 5.11 Å². The average Bonchev–Trinajstić information content (AvgIpc) is 1.17. The van der Waals surface area contributed by atoms with Gasteiger partial charge in [0.25, 0.3) is 0 Å². The summed E-state index contributed by atoms with van der Waals surface area (Å²) < 4.78 is 153. The molecule has 0 saturated heterocycles. The van der Waals surface area contributed by atoms with Crippen molar-refractivity contribution < 1.29 is 29.8 Å². The molecule has 0 unspecified atom stereocenters. The predicted molar refractivity (Wildman–Crippen MR) is 274 cm³/mol. The molecule has 4 heteroatoms. The van der Waals surface area contributed by atoms with Crippen LogP contribution in [0, 0.1) is 6.92 Å². The molecule has 65 heavy (non-hydrogen) atoms. The zero-order valence-corrected chi connectivity index (χ0v) is 36.5. The number of pyridine rings is 1. The summed E-state index contributed by atoms with van der Waals surface area (Å²) in [5.74, 6) is 0.205. The molecule has 0 saturated carbocycles. The first-order chi connectivity index (χ1) is 38.4. The lowest BCUT2D eigenvalue weighted by Crippen LogP contribution is -2.13. The Bertz CT molecular complexity index is 3810. The van der Waals surface area contributed by atoms with E-state index in [1.807, 2.05) is 117 Å². The van der Waals surface area contributed by atoms with Crippen molar-refractivity contribution in [2.45, 2.75) is 85.1 Å². The van der Waals surface area contributed by atoms with Gasteiger partial charge >= 0.3 is 0 Å². The maximum atomic E-state index is 12.5. The molecular weight excluding hydrogens is 791 g/mol. The number of phenolic OH excluding ortho intramolecular Hbond substituents is 1. The van der Waals surface area contributed by atoms with Crippen molar-refractivity contribution >= 4 is 11.0 Å².